The molecule has 2 rings (SSSR count). The van der Waals surface area contributed by atoms with E-state index in [1.165, 1.54) is 0 Å². The Kier molecular flexibility index (Phi) is 2.32. The first-order valence-electron chi connectivity index (χ1n) is 5.03. The Labute approximate surface area is 79.0 Å². The van der Waals surface area contributed by atoms with Gasteiger partial charge in [0.1, 0.15) is 0 Å². The number of piperidine rings is 1. The van der Waals surface area contributed by atoms with Gasteiger partial charge < -0.3 is 21.5 Å². The van der Waals surface area contributed by atoms with Crippen molar-refractivity contribution in [1.82, 2.24) is 5.32 Å². The largest absolute Gasteiger partial charge is 0.381 e. The lowest BCUT2D eigenvalue weighted by Gasteiger charge is -2.51. The molecule has 0 atom stereocenters. The van der Waals surface area contributed by atoms with Crippen LogP contribution in [0.25, 0.3) is 0 Å². The molecular formula is C9H19N3O. The third-order valence-corrected chi connectivity index (χ3v) is 3.59. The third kappa shape index (κ3) is 1.48. The fourth-order valence-electron chi connectivity index (χ4n) is 2.42. The summed E-state index contributed by atoms with van der Waals surface area (Å²) in [6.45, 7) is 3.48. The predicted octanol–water partition coefficient (Wildman–Crippen LogP) is -0.610. The highest BCUT2D eigenvalue weighted by atomic mass is 16.5. The van der Waals surface area contributed by atoms with Crippen LogP contribution >= 0.6 is 0 Å². The summed E-state index contributed by atoms with van der Waals surface area (Å²) < 4.78 is 5.51. The lowest BCUT2D eigenvalue weighted by Crippen LogP contribution is -2.69. The molecule has 0 aromatic carbocycles. The fraction of sp³-hybridized carbons (Fsp3) is 1.00. The van der Waals surface area contributed by atoms with Gasteiger partial charge in [-0.05, 0) is 25.9 Å². The van der Waals surface area contributed by atoms with Crippen molar-refractivity contribution >= 4 is 0 Å². The summed E-state index contributed by atoms with van der Waals surface area (Å²) in [4.78, 5) is 0. The first kappa shape index (κ1) is 9.40. The molecule has 0 unspecified atom stereocenters. The number of nitrogens with one attached hydrogen (secondary N) is 1. The predicted molar refractivity (Wildman–Crippen MR) is 51.1 cm³/mol. The van der Waals surface area contributed by atoms with Crippen molar-refractivity contribution in [2.45, 2.75) is 24.9 Å². The summed E-state index contributed by atoms with van der Waals surface area (Å²) in [7, 11) is 0. The van der Waals surface area contributed by atoms with Crippen LogP contribution in [0.3, 0.4) is 0 Å². The average molecular weight is 185 g/mol. The van der Waals surface area contributed by atoms with E-state index in [2.05, 4.69) is 5.32 Å². The van der Waals surface area contributed by atoms with E-state index in [0.29, 0.717) is 6.61 Å². The molecule has 2 fully saturated rings. The summed E-state index contributed by atoms with van der Waals surface area (Å²) in [5.74, 6) is 0. The molecule has 76 valence electrons. The molecule has 0 aromatic heterocycles. The Morgan fingerprint density at radius 1 is 1.08 bits per heavy atom. The molecule has 0 saturated carbocycles. The Morgan fingerprint density at radius 2 is 1.77 bits per heavy atom. The first-order valence-corrected chi connectivity index (χ1v) is 5.03. The summed E-state index contributed by atoms with van der Waals surface area (Å²) >= 11 is 0. The van der Waals surface area contributed by atoms with E-state index in [1.807, 2.05) is 0 Å². The maximum Gasteiger partial charge on any atom is 0.0740 e. The molecule has 1 spiro atoms. The van der Waals surface area contributed by atoms with Crippen LogP contribution in [0.15, 0.2) is 0 Å². The van der Waals surface area contributed by atoms with E-state index >= 15 is 0 Å². The Morgan fingerprint density at radius 3 is 2.38 bits per heavy atom. The molecule has 2 aliphatic rings. The second kappa shape index (κ2) is 3.20. The minimum Gasteiger partial charge on any atom is -0.381 e. The van der Waals surface area contributed by atoms with E-state index in [4.69, 9.17) is 16.2 Å². The topological polar surface area (TPSA) is 73.3 Å². The summed E-state index contributed by atoms with van der Waals surface area (Å²) in [5, 5.41) is 3.33. The van der Waals surface area contributed by atoms with Crippen LogP contribution in [0, 0.1) is 5.41 Å². The number of ether oxygens (including phenoxy) is 1. The van der Waals surface area contributed by atoms with Gasteiger partial charge in [0.25, 0.3) is 0 Å². The van der Waals surface area contributed by atoms with Gasteiger partial charge in [0, 0.05) is 18.4 Å². The molecular weight excluding hydrogens is 166 g/mol. The monoisotopic (exact) mass is 185 g/mol. The van der Waals surface area contributed by atoms with Crippen molar-refractivity contribution in [3.05, 3.63) is 0 Å². The van der Waals surface area contributed by atoms with Gasteiger partial charge in [-0.1, -0.05) is 0 Å². The molecule has 0 radical (unpaired) electrons. The second-order valence-electron chi connectivity index (χ2n) is 4.37. The van der Waals surface area contributed by atoms with E-state index in [-0.39, 0.29) is 5.41 Å². The van der Waals surface area contributed by atoms with Crippen LogP contribution in [-0.4, -0.2) is 32.0 Å². The van der Waals surface area contributed by atoms with Crippen molar-refractivity contribution in [1.29, 1.82) is 0 Å². The van der Waals surface area contributed by atoms with Crippen LogP contribution in [0.5, 0.6) is 0 Å². The smallest absolute Gasteiger partial charge is 0.0740 e. The quantitative estimate of drug-likeness (QED) is 0.440. The Bertz CT molecular complexity index is 179. The molecule has 2 heterocycles. The van der Waals surface area contributed by atoms with Gasteiger partial charge >= 0.3 is 0 Å². The SMILES string of the molecule is NC1(N)CCOCC12CCNCC2. The Balaban J connectivity index is 2.16. The number of hydrogen-bond donors (Lipinski definition) is 3. The second-order valence-corrected chi connectivity index (χ2v) is 4.37. The van der Waals surface area contributed by atoms with Crippen LogP contribution in [0.1, 0.15) is 19.3 Å². The summed E-state index contributed by atoms with van der Waals surface area (Å²) in [5.41, 5.74) is 11.8. The summed E-state index contributed by atoms with van der Waals surface area (Å²) in [6, 6.07) is 0. The van der Waals surface area contributed by atoms with E-state index in [9.17, 15) is 0 Å². The zero-order chi connectivity index (χ0) is 9.36. The first-order chi connectivity index (χ1) is 6.16. The lowest BCUT2D eigenvalue weighted by molar-refractivity contribution is -0.0810. The minimum absolute atomic E-state index is 0.0243. The molecule has 2 aliphatic heterocycles. The number of nitrogens with two attached hydrogens (primary N) is 2. The van der Waals surface area contributed by atoms with Crippen LogP contribution < -0.4 is 16.8 Å². The maximum atomic E-state index is 6.16. The molecule has 0 amide bonds. The van der Waals surface area contributed by atoms with E-state index in [1.54, 1.807) is 0 Å². The molecule has 4 heteroatoms. The van der Waals surface area contributed by atoms with Gasteiger partial charge in [-0.25, -0.2) is 0 Å². The molecule has 13 heavy (non-hydrogen) atoms. The Hall–Kier alpha value is -0.160. The van der Waals surface area contributed by atoms with Crippen molar-refractivity contribution in [3.63, 3.8) is 0 Å². The molecule has 2 saturated heterocycles. The molecule has 0 bridgehead atoms. The van der Waals surface area contributed by atoms with Crippen LogP contribution in [0.2, 0.25) is 0 Å². The van der Waals surface area contributed by atoms with Gasteiger partial charge in [-0.2, -0.15) is 0 Å². The molecule has 0 aromatic rings. The van der Waals surface area contributed by atoms with Gasteiger partial charge in [-0.3, -0.25) is 0 Å². The van der Waals surface area contributed by atoms with Gasteiger partial charge in [0.2, 0.25) is 0 Å². The van der Waals surface area contributed by atoms with Gasteiger partial charge in [0.15, 0.2) is 0 Å². The average Bonchev–Trinajstić information content (AvgIpc) is 2.12. The molecule has 4 nitrogen and oxygen atoms in total. The highest BCUT2D eigenvalue weighted by Gasteiger charge is 2.48. The zero-order valence-electron chi connectivity index (χ0n) is 8.01. The number of rotatable bonds is 0. The summed E-state index contributed by atoms with van der Waals surface area (Å²) in [6.07, 6.45) is 2.87. The number of hydrogen-bond acceptors (Lipinski definition) is 4. The fourth-order valence-corrected chi connectivity index (χ4v) is 2.42. The van der Waals surface area contributed by atoms with E-state index in [0.717, 1.165) is 39.0 Å². The normalized spacial score (nSPS) is 31.8. The van der Waals surface area contributed by atoms with Crippen molar-refractivity contribution in [3.8, 4) is 0 Å². The minimum atomic E-state index is -0.520. The maximum absolute atomic E-state index is 6.16. The van der Waals surface area contributed by atoms with Crippen molar-refractivity contribution in [2.24, 2.45) is 16.9 Å². The standard InChI is InChI=1S/C9H19N3O/c10-9(11)3-6-13-7-8(9)1-4-12-5-2-8/h12H,1-7,10-11H2. The lowest BCUT2D eigenvalue weighted by atomic mass is 9.67. The van der Waals surface area contributed by atoms with Crippen LogP contribution in [-0.2, 0) is 4.74 Å². The highest BCUT2D eigenvalue weighted by Crippen LogP contribution is 2.40. The van der Waals surface area contributed by atoms with E-state index < -0.39 is 5.66 Å². The zero-order valence-corrected chi connectivity index (χ0v) is 8.01. The van der Waals surface area contributed by atoms with Crippen molar-refractivity contribution < 1.29 is 4.74 Å². The van der Waals surface area contributed by atoms with Gasteiger partial charge in [-0.15, -0.1) is 0 Å². The molecule has 0 aliphatic carbocycles. The molecule has 5 N–H and O–H groups in total. The highest BCUT2D eigenvalue weighted by molar-refractivity contribution is 5.02. The third-order valence-electron chi connectivity index (χ3n) is 3.59. The van der Waals surface area contributed by atoms with Crippen LogP contribution in [0.4, 0.5) is 0 Å². The van der Waals surface area contributed by atoms with Gasteiger partial charge in [0.05, 0.1) is 12.3 Å². The van der Waals surface area contributed by atoms with Crippen molar-refractivity contribution in [2.75, 3.05) is 26.3 Å².